The molecule has 5 rings (SSSR count). The predicted molar refractivity (Wildman–Crippen MR) is 135 cm³/mol. The lowest BCUT2D eigenvalue weighted by Gasteiger charge is -2.32. The van der Waals surface area contributed by atoms with Gasteiger partial charge in [-0.3, -0.25) is 5.10 Å². The summed E-state index contributed by atoms with van der Waals surface area (Å²) in [4.78, 5) is 18.2. The minimum atomic E-state index is -0.298. The Bertz CT molecular complexity index is 1300. The second-order valence-corrected chi connectivity index (χ2v) is 8.79. The smallest absolute Gasteiger partial charge is 0.235 e. The van der Waals surface area contributed by atoms with Gasteiger partial charge in [-0.05, 0) is 61.5 Å². The van der Waals surface area contributed by atoms with E-state index in [1.165, 1.54) is 24.3 Å². The molecule has 1 atom stereocenters. The Kier molecular flexibility index (Phi) is 6.72. The average Bonchev–Trinajstić information content (AvgIpc) is 3.33. The van der Waals surface area contributed by atoms with Crippen molar-refractivity contribution in [1.29, 1.82) is 0 Å². The van der Waals surface area contributed by atoms with Gasteiger partial charge in [0, 0.05) is 32.2 Å². The molecule has 3 N–H and O–H groups in total. The summed E-state index contributed by atoms with van der Waals surface area (Å²) >= 11 is 0. The van der Waals surface area contributed by atoms with Crippen LogP contribution in [0.3, 0.4) is 0 Å². The third-order valence-electron chi connectivity index (χ3n) is 6.10. The molecule has 0 aliphatic carbocycles. The monoisotopic (exact) mass is 491 g/mol. The van der Waals surface area contributed by atoms with E-state index in [-0.39, 0.29) is 17.7 Å². The van der Waals surface area contributed by atoms with Crippen molar-refractivity contribution in [3.05, 3.63) is 71.8 Å². The van der Waals surface area contributed by atoms with Crippen LogP contribution in [0.2, 0.25) is 0 Å². The zero-order chi connectivity index (χ0) is 25.1. The molecule has 4 aromatic rings. The first-order chi connectivity index (χ1) is 17.4. The molecule has 1 fully saturated rings. The van der Waals surface area contributed by atoms with Crippen LogP contribution < -0.4 is 15.5 Å². The Morgan fingerprint density at radius 1 is 0.861 bits per heavy atom. The van der Waals surface area contributed by atoms with Gasteiger partial charge >= 0.3 is 0 Å². The minimum Gasteiger partial charge on any atom is -0.348 e. The van der Waals surface area contributed by atoms with E-state index < -0.39 is 0 Å². The van der Waals surface area contributed by atoms with E-state index in [0.717, 1.165) is 43.0 Å². The number of benzene rings is 2. The van der Waals surface area contributed by atoms with Crippen LogP contribution in [0.4, 0.5) is 32.4 Å². The Balaban J connectivity index is 1.40. The van der Waals surface area contributed by atoms with Gasteiger partial charge in [-0.2, -0.15) is 20.1 Å². The van der Waals surface area contributed by atoms with Gasteiger partial charge in [-0.15, -0.1) is 0 Å². The van der Waals surface area contributed by atoms with Gasteiger partial charge in [-0.25, -0.2) is 8.78 Å². The lowest BCUT2D eigenvalue weighted by Crippen LogP contribution is -2.45. The van der Waals surface area contributed by atoms with Crippen LogP contribution in [0.15, 0.2) is 54.6 Å². The first-order valence-electron chi connectivity index (χ1n) is 11.7. The Hall–Kier alpha value is -4.12. The van der Waals surface area contributed by atoms with Gasteiger partial charge in [0.05, 0.1) is 11.7 Å². The van der Waals surface area contributed by atoms with Crippen molar-refractivity contribution in [1.82, 2.24) is 30.0 Å². The second-order valence-electron chi connectivity index (χ2n) is 8.79. The standard InChI is InChI=1S/C25H27F2N9/c1-16(17-3-7-19(26)8-4-17)28-23-30-24(32-25(31-23)36-13-11-35(2)12-14-36)29-22-15-21(33-34-22)18-5-9-20(27)10-6-18/h3-10,15-16H,11-14H2,1-2H3,(H3,28,29,30,31,32,33,34). The third kappa shape index (κ3) is 5.57. The fraction of sp³-hybridized carbons (Fsp3) is 0.280. The number of halogens is 2. The Morgan fingerprint density at radius 3 is 2.19 bits per heavy atom. The van der Waals surface area contributed by atoms with E-state index in [2.05, 4.69) is 52.6 Å². The molecule has 186 valence electrons. The van der Waals surface area contributed by atoms with E-state index >= 15 is 0 Å². The van der Waals surface area contributed by atoms with Crippen molar-refractivity contribution >= 4 is 23.7 Å². The maximum absolute atomic E-state index is 13.4. The Labute approximate surface area is 207 Å². The summed E-state index contributed by atoms with van der Waals surface area (Å²) in [6.07, 6.45) is 0. The molecule has 1 saturated heterocycles. The number of aromatic amines is 1. The van der Waals surface area contributed by atoms with Crippen molar-refractivity contribution < 1.29 is 8.78 Å². The molecule has 3 heterocycles. The highest BCUT2D eigenvalue weighted by Crippen LogP contribution is 2.24. The summed E-state index contributed by atoms with van der Waals surface area (Å²) in [5.74, 6) is 1.23. The van der Waals surface area contributed by atoms with Crippen molar-refractivity contribution in [3.8, 4) is 11.3 Å². The predicted octanol–water partition coefficient (Wildman–Crippen LogP) is 4.21. The summed E-state index contributed by atoms with van der Waals surface area (Å²) in [6, 6.07) is 14.1. The molecule has 0 saturated carbocycles. The molecule has 36 heavy (non-hydrogen) atoms. The molecule has 11 heteroatoms. The molecule has 2 aromatic heterocycles. The number of likely N-dealkylation sites (N-methyl/N-ethyl adjacent to an activating group) is 1. The lowest BCUT2D eigenvalue weighted by molar-refractivity contribution is 0.311. The van der Waals surface area contributed by atoms with Crippen molar-refractivity contribution in [2.24, 2.45) is 0 Å². The Morgan fingerprint density at radius 2 is 1.50 bits per heavy atom. The first-order valence-corrected chi connectivity index (χ1v) is 11.7. The number of nitrogens with one attached hydrogen (secondary N) is 3. The van der Waals surface area contributed by atoms with Crippen molar-refractivity contribution in [2.45, 2.75) is 13.0 Å². The summed E-state index contributed by atoms with van der Waals surface area (Å²) in [5.41, 5.74) is 2.44. The quantitative estimate of drug-likeness (QED) is 0.354. The molecule has 1 unspecified atom stereocenters. The third-order valence-corrected chi connectivity index (χ3v) is 6.10. The van der Waals surface area contributed by atoms with Crippen LogP contribution >= 0.6 is 0 Å². The number of anilines is 4. The number of rotatable bonds is 7. The number of nitrogens with zero attached hydrogens (tertiary/aromatic N) is 6. The van der Waals surface area contributed by atoms with Crippen LogP contribution in [0.5, 0.6) is 0 Å². The number of aromatic nitrogens is 5. The largest absolute Gasteiger partial charge is 0.348 e. The number of H-pyrrole nitrogens is 1. The fourth-order valence-electron chi connectivity index (χ4n) is 3.94. The molecule has 0 amide bonds. The molecule has 1 aliphatic heterocycles. The van der Waals surface area contributed by atoms with Crippen LogP contribution in [-0.4, -0.2) is 63.3 Å². The maximum Gasteiger partial charge on any atom is 0.235 e. The lowest BCUT2D eigenvalue weighted by atomic mass is 10.1. The van der Waals surface area contributed by atoms with Gasteiger partial charge in [-0.1, -0.05) is 12.1 Å². The highest BCUT2D eigenvalue weighted by Gasteiger charge is 2.20. The number of piperazine rings is 1. The normalized spacial score (nSPS) is 15.1. The molecule has 9 nitrogen and oxygen atoms in total. The molecular formula is C25H27F2N9. The van der Waals surface area contributed by atoms with Crippen molar-refractivity contribution in [3.63, 3.8) is 0 Å². The molecule has 0 radical (unpaired) electrons. The topological polar surface area (TPSA) is 97.9 Å². The summed E-state index contributed by atoms with van der Waals surface area (Å²) in [7, 11) is 2.09. The molecule has 0 spiro atoms. The molecule has 0 bridgehead atoms. The van der Waals surface area contributed by atoms with Crippen LogP contribution in [-0.2, 0) is 0 Å². The highest BCUT2D eigenvalue weighted by atomic mass is 19.1. The molecule has 2 aromatic carbocycles. The van der Waals surface area contributed by atoms with Crippen LogP contribution in [0.1, 0.15) is 18.5 Å². The van der Waals surface area contributed by atoms with Gasteiger partial charge < -0.3 is 20.4 Å². The average molecular weight is 492 g/mol. The van der Waals surface area contributed by atoms with E-state index in [9.17, 15) is 8.78 Å². The SMILES string of the molecule is CC(Nc1nc(Nc2cc(-c3ccc(F)cc3)[nH]n2)nc(N2CCN(C)CC2)n1)c1ccc(F)cc1. The van der Waals surface area contributed by atoms with Gasteiger partial charge in [0.2, 0.25) is 17.8 Å². The maximum atomic E-state index is 13.4. The van der Waals surface area contributed by atoms with Gasteiger partial charge in [0.15, 0.2) is 5.82 Å². The zero-order valence-corrected chi connectivity index (χ0v) is 20.0. The number of hydrogen-bond acceptors (Lipinski definition) is 8. The summed E-state index contributed by atoms with van der Waals surface area (Å²) < 4.78 is 26.6. The van der Waals surface area contributed by atoms with Gasteiger partial charge in [0.1, 0.15) is 11.6 Å². The highest BCUT2D eigenvalue weighted by molar-refractivity contribution is 5.64. The van der Waals surface area contributed by atoms with E-state index in [0.29, 0.717) is 23.7 Å². The van der Waals surface area contributed by atoms with E-state index in [1.807, 2.05) is 6.92 Å². The zero-order valence-electron chi connectivity index (χ0n) is 20.0. The minimum absolute atomic E-state index is 0.156. The molecular weight excluding hydrogens is 464 g/mol. The van der Waals surface area contributed by atoms with Crippen LogP contribution in [0.25, 0.3) is 11.3 Å². The number of hydrogen-bond donors (Lipinski definition) is 3. The summed E-state index contributed by atoms with van der Waals surface area (Å²) in [6.45, 7) is 5.36. The first kappa shape index (κ1) is 23.6. The van der Waals surface area contributed by atoms with Crippen LogP contribution in [0, 0.1) is 11.6 Å². The van der Waals surface area contributed by atoms with E-state index in [4.69, 9.17) is 0 Å². The fourth-order valence-corrected chi connectivity index (χ4v) is 3.94. The second kappa shape index (κ2) is 10.2. The van der Waals surface area contributed by atoms with Crippen molar-refractivity contribution in [2.75, 3.05) is 48.8 Å². The molecule has 1 aliphatic rings. The van der Waals surface area contributed by atoms with E-state index in [1.54, 1.807) is 30.3 Å². The van der Waals surface area contributed by atoms with Gasteiger partial charge in [0.25, 0.3) is 0 Å². The summed E-state index contributed by atoms with van der Waals surface area (Å²) in [5, 5.41) is 13.7.